The van der Waals surface area contributed by atoms with Crippen molar-refractivity contribution in [1.29, 1.82) is 0 Å². The average molecular weight is 341 g/mol. The maximum atomic E-state index is 12.0. The molecule has 0 atom stereocenters. The molecule has 0 aliphatic heterocycles. The summed E-state index contributed by atoms with van der Waals surface area (Å²) < 4.78 is 29.0. The molecule has 0 heterocycles. The van der Waals surface area contributed by atoms with E-state index in [2.05, 4.69) is 15.9 Å². The van der Waals surface area contributed by atoms with Gasteiger partial charge in [-0.2, -0.15) is 8.42 Å². The van der Waals surface area contributed by atoms with Crippen molar-refractivity contribution < 1.29 is 12.6 Å². The van der Waals surface area contributed by atoms with E-state index in [1.54, 1.807) is 24.3 Å². The highest BCUT2D eigenvalue weighted by atomic mass is 79.9. The summed E-state index contributed by atoms with van der Waals surface area (Å²) in [5, 5.41) is 0.693. The molecule has 0 radical (unpaired) electrons. The number of halogens is 1. The molecule has 0 aromatic heterocycles. The van der Waals surface area contributed by atoms with Gasteiger partial charge in [-0.25, -0.2) is 0 Å². The maximum Gasteiger partial charge on any atom is 0.297 e. The largest absolute Gasteiger partial charge is 0.297 e. The van der Waals surface area contributed by atoms with Crippen LogP contribution in [0, 0.1) is 0 Å². The first kappa shape index (κ1) is 14.2. The second-order valence-corrected chi connectivity index (χ2v) is 6.16. The van der Waals surface area contributed by atoms with E-state index < -0.39 is 10.1 Å². The Balaban J connectivity index is 2.09. The molecule has 19 heavy (non-hydrogen) atoms. The predicted octanol–water partition coefficient (Wildman–Crippen LogP) is 3.49. The minimum absolute atomic E-state index is 0.0450. The fraction of sp³-hybridized carbons (Fsp3) is 0.143. The van der Waals surface area contributed by atoms with Gasteiger partial charge in [-0.15, -0.1) is 0 Å². The number of hydrogen-bond donors (Lipinski definition) is 0. The van der Waals surface area contributed by atoms with E-state index in [1.807, 2.05) is 30.3 Å². The summed E-state index contributed by atoms with van der Waals surface area (Å²) in [6.45, 7) is 0.0450. The summed E-state index contributed by atoms with van der Waals surface area (Å²) >= 11 is 3.31. The lowest BCUT2D eigenvalue weighted by Gasteiger charge is -2.06. The normalized spacial score (nSPS) is 11.4. The summed E-state index contributed by atoms with van der Waals surface area (Å²) in [5.41, 5.74) is 1.84. The van der Waals surface area contributed by atoms with Crippen molar-refractivity contribution in [2.24, 2.45) is 0 Å². The summed E-state index contributed by atoms with van der Waals surface area (Å²) in [4.78, 5) is 0.174. The molecule has 0 bridgehead atoms. The third kappa shape index (κ3) is 3.89. The van der Waals surface area contributed by atoms with Crippen LogP contribution >= 0.6 is 15.9 Å². The van der Waals surface area contributed by atoms with Crippen LogP contribution in [0.3, 0.4) is 0 Å². The smallest absolute Gasteiger partial charge is 0.262 e. The van der Waals surface area contributed by atoms with Crippen LogP contribution in [-0.2, 0) is 26.2 Å². The standard InChI is InChI=1S/C14H13BrO3S/c15-10-12-6-8-14(9-7-12)19(16,17)18-11-13-4-2-1-3-5-13/h1-9H,10-11H2. The van der Waals surface area contributed by atoms with E-state index in [9.17, 15) is 8.42 Å². The van der Waals surface area contributed by atoms with Gasteiger partial charge in [-0.05, 0) is 23.3 Å². The zero-order valence-corrected chi connectivity index (χ0v) is 12.5. The van der Waals surface area contributed by atoms with E-state index in [0.717, 1.165) is 11.1 Å². The van der Waals surface area contributed by atoms with Gasteiger partial charge in [-0.3, -0.25) is 4.18 Å². The molecule has 100 valence electrons. The van der Waals surface area contributed by atoms with E-state index in [4.69, 9.17) is 4.18 Å². The Hall–Kier alpha value is -1.17. The Morgan fingerprint density at radius 3 is 2.11 bits per heavy atom. The molecule has 2 aromatic carbocycles. The van der Waals surface area contributed by atoms with Gasteiger partial charge in [-0.1, -0.05) is 58.4 Å². The molecule has 5 heteroatoms. The molecule has 0 saturated carbocycles. The number of rotatable bonds is 5. The zero-order chi connectivity index (χ0) is 13.7. The quantitative estimate of drug-likeness (QED) is 0.618. The van der Waals surface area contributed by atoms with Crippen LogP contribution in [0.5, 0.6) is 0 Å². The first-order chi connectivity index (χ1) is 9.12. The molecule has 0 spiro atoms. The third-order valence-electron chi connectivity index (χ3n) is 2.59. The van der Waals surface area contributed by atoms with Crippen molar-refractivity contribution in [2.45, 2.75) is 16.8 Å². The number of hydrogen-bond acceptors (Lipinski definition) is 3. The Morgan fingerprint density at radius 2 is 1.53 bits per heavy atom. The van der Waals surface area contributed by atoms with Crippen molar-refractivity contribution in [1.82, 2.24) is 0 Å². The maximum absolute atomic E-state index is 12.0. The van der Waals surface area contributed by atoms with Gasteiger partial charge in [0.05, 0.1) is 11.5 Å². The Morgan fingerprint density at radius 1 is 0.895 bits per heavy atom. The lowest BCUT2D eigenvalue weighted by Crippen LogP contribution is -2.06. The topological polar surface area (TPSA) is 43.4 Å². The monoisotopic (exact) mass is 340 g/mol. The van der Waals surface area contributed by atoms with Crippen LogP contribution in [0.15, 0.2) is 59.5 Å². The lowest BCUT2D eigenvalue weighted by atomic mass is 10.2. The van der Waals surface area contributed by atoms with Crippen LogP contribution in [0.2, 0.25) is 0 Å². The first-order valence-corrected chi connectivity index (χ1v) is 8.23. The minimum atomic E-state index is -3.70. The van der Waals surface area contributed by atoms with E-state index in [1.165, 1.54) is 0 Å². The number of alkyl halides is 1. The van der Waals surface area contributed by atoms with E-state index in [0.29, 0.717) is 5.33 Å². The second-order valence-electron chi connectivity index (χ2n) is 3.98. The highest BCUT2D eigenvalue weighted by Gasteiger charge is 2.14. The zero-order valence-electron chi connectivity index (χ0n) is 10.1. The summed E-state index contributed by atoms with van der Waals surface area (Å²) in [6.07, 6.45) is 0. The molecule has 3 nitrogen and oxygen atoms in total. The van der Waals surface area contributed by atoms with Gasteiger partial charge in [0.15, 0.2) is 0 Å². The average Bonchev–Trinajstić information content (AvgIpc) is 2.46. The van der Waals surface area contributed by atoms with Gasteiger partial charge in [0, 0.05) is 5.33 Å². The molecule has 0 fully saturated rings. The molecular weight excluding hydrogens is 328 g/mol. The molecule has 0 amide bonds. The third-order valence-corrected chi connectivity index (χ3v) is 4.52. The van der Waals surface area contributed by atoms with Gasteiger partial charge >= 0.3 is 0 Å². The molecular formula is C14H13BrO3S. The van der Waals surface area contributed by atoms with E-state index >= 15 is 0 Å². The Labute approximate surface area is 121 Å². The molecule has 0 aliphatic carbocycles. The van der Waals surface area contributed by atoms with Gasteiger partial charge in [0.25, 0.3) is 10.1 Å². The fourth-order valence-corrected chi connectivity index (χ4v) is 2.80. The highest BCUT2D eigenvalue weighted by Crippen LogP contribution is 2.16. The van der Waals surface area contributed by atoms with Crippen LogP contribution in [0.4, 0.5) is 0 Å². The van der Waals surface area contributed by atoms with Crippen molar-refractivity contribution in [2.75, 3.05) is 0 Å². The molecule has 2 aromatic rings. The van der Waals surface area contributed by atoms with Crippen LogP contribution in [-0.4, -0.2) is 8.42 Å². The molecule has 0 saturated heterocycles. The first-order valence-electron chi connectivity index (χ1n) is 5.70. The highest BCUT2D eigenvalue weighted by molar-refractivity contribution is 9.08. The fourth-order valence-electron chi connectivity index (χ4n) is 1.53. The van der Waals surface area contributed by atoms with Crippen LogP contribution < -0.4 is 0 Å². The van der Waals surface area contributed by atoms with Crippen molar-refractivity contribution >= 4 is 26.0 Å². The second kappa shape index (κ2) is 6.32. The van der Waals surface area contributed by atoms with Crippen molar-refractivity contribution in [3.63, 3.8) is 0 Å². The predicted molar refractivity (Wildman–Crippen MR) is 77.5 cm³/mol. The number of benzene rings is 2. The molecule has 0 N–H and O–H groups in total. The molecule has 0 unspecified atom stereocenters. The minimum Gasteiger partial charge on any atom is -0.262 e. The Bertz CT molecular complexity index is 622. The van der Waals surface area contributed by atoms with Crippen LogP contribution in [0.25, 0.3) is 0 Å². The Kier molecular flexibility index (Phi) is 4.74. The van der Waals surface area contributed by atoms with E-state index in [-0.39, 0.29) is 11.5 Å². The summed E-state index contributed by atoms with van der Waals surface area (Å²) in [5.74, 6) is 0. The van der Waals surface area contributed by atoms with Gasteiger partial charge in [0.1, 0.15) is 0 Å². The van der Waals surface area contributed by atoms with Gasteiger partial charge in [0.2, 0.25) is 0 Å². The summed E-state index contributed by atoms with van der Waals surface area (Å²) in [7, 11) is -3.70. The van der Waals surface area contributed by atoms with Crippen LogP contribution in [0.1, 0.15) is 11.1 Å². The summed E-state index contributed by atoms with van der Waals surface area (Å²) in [6, 6.07) is 15.8. The SMILES string of the molecule is O=S(=O)(OCc1ccccc1)c1ccc(CBr)cc1. The lowest BCUT2D eigenvalue weighted by molar-refractivity contribution is 0.308. The van der Waals surface area contributed by atoms with Crippen molar-refractivity contribution in [3.8, 4) is 0 Å². The molecule has 2 rings (SSSR count). The van der Waals surface area contributed by atoms with Gasteiger partial charge < -0.3 is 0 Å². The molecule has 0 aliphatic rings. The van der Waals surface area contributed by atoms with Crippen molar-refractivity contribution in [3.05, 3.63) is 65.7 Å².